The van der Waals surface area contributed by atoms with Gasteiger partial charge in [0, 0.05) is 25.2 Å². The summed E-state index contributed by atoms with van der Waals surface area (Å²) in [5.41, 5.74) is -2.26. The minimum absolute atomic E-state index is 0.0599. The Morgan fingerprint density at radius 1 is 1.23 bits per heavy atom. The summed E-state index contributed by atoms with van der Waals surface area (Å²) in [6, 6.07) is 4.39. The third-order valence-electron chi connectivity index (χ3n) is 4.04. The molecule has 2 aromatic rings. The molecule has 10 heteroatoms. The molecule has 1 aliphatic rings. The summed E-state index contributed by atoms with van der Waals surface area (Å²) in [5.74, 6) is -1.57. The monoisotopic (exact) mass is 371 g/mol. The predicted octanol–water partition coefficient (Wildman–Crippen LogP) is 2.25. The van der Waals surface area contributed by atoms with Crippen LogP contribution in [0.4, 0.5) is 17.6 Å². The summed E-state index contributed by atoms with van der Waals surface area (Å²) in [7, 11) is 0. The van der Waals surface area contributed by atoms with Gasteiger partial charge in [-0.25, -0.2) is 9.07 Å². The number of carbonyl (C=O) groups excluding carboxylic acids is 1. The highest BCUT2D eigenvalue weighted by atomic mass is 19.4. The molecule has 26 heavy (non-hydrogen) atoms. The Balaban J connectivity index is 2.04. The first-order valence-electron chi connectivity index (χ1n) is 8.01. The van der Waals surface area contributed by atoms with Crippen LogP contribution < -0.4 is 5.32 Å². The molecule has 1 saturated heterocycles. The van der Waals surface area contributed by atoms with E-state index in [2.05, 4.69) is 15.6 Å². The van der Waals surface area contributed by atoms with E-state index in [9.17, 15) is 22.4 Å². The van der Waals surface area contributed by atoms with E-state index in [1.165, 1.54) is 17.0 Å². The first-order valence-corrected chi connectivity index (χ1v) is 8.01. The zero-order valence-electron chi connectivity index (χ0n) is 14.1. The first-order chi connectivity index (χ1) is 12.2. The minimum atomic E-state index is -4.88. The smallest absolute Gasteiger partial charge is 0.334 e. The molecular weight excluding hydrogens is 354 g/mol. The number of hydrogen-bond acceptors (Lipinski definition) is 4. The highest BCUT2D eigenvalue weighted by molar-refractivity contribution is 5.93. The summed E-state index contributed by atoms with van der Waals surface area (Å²) in [6.45, 7) is 4.19. The van der Waals surface area contributed by atoms with Gasteiger partial charge in [0.05, 0.1) is 5.69 Å². The average Bonchev–Trinajstić information content (AvgIpc) is 2.98. The van der Waals surface area contributed by atoms with Crippen LogP contribution in [-0.2, 0) is 6.18 Å². The summed E-state index contributed by atoms with van der Waals surface area (Å²) < 4.78 is 54.7. The fraction of sp³-hybridized carbons (Fsp3) is 0.438. The van der Waals surface area contributed by atoms with Crippen LogP contribution in [0.1, 0.15) is 30.0 Å². The molecule has 1 aliphatic heterocycles. The van der Waals surface area contributed by atoms with E-state index >= 15 is 0 Å². The second-order valence-corrected chi connectivity index (χ2v) is 6.35. The number of benzene rings is 1. The predicted molar refractivity (Wildman–Crippen MR) is 84.3 cm³/mol. The van der Waals surface area contributed by atoms with Gasteiger partial charge in [-0.3, -0.25) is 4.79 Å². The number of halogens is 4. The van der Waals surface area contributed by atoms with Gasteiger partial charge in [-0.05, 0) is 32.0 Å². The lowest BCUT2D eigenvalue weighted by Gasteiger charge is -2.35. The number of alkyl halides is 3. The molecule has 0 spiro atoms. The van der Waals surface area contributed by atoms with Crippen molar-refractivity contribution in [2.75, 3.05) is 13.1 Å². The van der Waals surface area contributed by atoms with E-state index < -0.39 is 29.3 Å². The molecule has 2 heterocycles. The Morgan fingerprint density at radius 2 is 1.88 bits per heavy atom. The third kappa shape index (κ3) is 3.55. The van der Waals surface area contributed by atoms with Gasteiger partial charge in [-0.1, -0.05) is 11.3 Å². The van der Waals surface area contributed by atoms with Crippen molar-refractivity contribution in [3.05, 3.63) is 41.5 Å². The molecule has 1 aromatic carbocycles. The molecule has 140 valence electrons. The molecule has 0 aliphatic carbocycles. The van der Waals surface area contributed by atoms with Gasteiger partial charge in [0.2, 0.25) is 0 Å². The quantitative estimate of drug-likeness (QED) is 0.823. The number of nitrogens with one attached hydrogen (secondary N) is 1. The summed E-state index contributed by atoms with van der Waals surface area (Å²) in [5, 5.41) is 10.1. The van der Waals surface area contributed by atoms with Crippen LogP contribution >= 0.6 is 0 Å². The SMILES string of the molecule is C[C@@H]1CN(C(=O)c2nnn(-c3cccc(F)c3)c2C(F)(F)F)C[C@@H](C)N1. The molecule has 1 aromatic heterocycles. The summed E-state index contributed by atoms with van der Waals surface area (Å²) >= 11 is 0. The van der Waals surface area contributed by atoms with Gasteiger partial charge < -0.3 is 10.2 Å². The largest absolute Gasteiger partial charge is 0.435 e. The van der Waals surface area contributed by atoms with Gasteiger partial charge in [0.25, 0.3) is 5.91 Å². The van der Waals surface area contributed by atoms with E-state index in [-0.39, 0.29) is 30.9 Å². The van der Waals surface area contributed by atoms with Gasteiger partial charge in [-0.2, -0.15) is 13.2 Å². The highest BCUT2D eigenvalue weighted by Crippen LogP contribution is 2.33. The number of amides is 1. The van der Waals surface area contributed by atoms with E-state index in [1.54, 1.807) is 0 Å². The minimum Gasteiger partial charge on any atom is -0.334 e. The maximum atomic E-state index is 13.6. The molecule has 1 N–H and O–H groups in total. The molecule has 0 saturated carbocycles. The Hall–Kier alpha value is -2.49. The lowest BCUT2D eigenvalue weighted by molar-refractivity contribution is -0.143. The standard InChI is InChI=1S/C16H17F4N5O/c1-9-7-24(8-10(2)21-9)15(26)13-14(16(18,19)20)25(23-22-13)12-5-3-4-11(17)6-12/h3-6,9-10,21H,7-8H2,1-2H3/t9-,10-/m1/s1. The van der Waals surface area contributed by atoms with E-state index in [4.69, 9.17) is 0 Å². The summed E-state index contributed by atoms with van der Waals surface area (Å²) in [6.07, 6.45) is -4.88. The van der Waals surface area contributed by atoms with Crippen molar-refractivity contribution in [2.45, 2.75) is 32.1 Å². The zero-order valence-corrected chi connectivity index (χ0v) is 14.1. The molecular formula is C16H17F4N5O. The van der Waals surface area contributed by atoms with Gasteiger partial charge in [0.15, 0.2) is 11.4 Å². The molecule has 3 rings (SSSR count). The average molecular weight is 371 g/mol. The molecule has 0 bridgehead atoms. The molecule has 0 unspecified atom stereocenters. The van der Waals surface area contributed by atoms with Crippen molar-refractivity contribution in [3.8, 4) is 5.69 Å². The molecule has 1 amide bonds. The lowest BCUT2D eigenvalue weighted by atomic mass is 10.1. The van der Waals surface area contributed by atoms with Crippen LogP contribution in [-0.4, -0.2) is 51.0 Å². The topological polar surface area (TPSA) is 63.1 Å². The van der Waals surface area contributed by atoms with Gasteiger partial charge in [0.1, 0.15) is 5.82 Å². The van der Waals surface area contributed by atoms with Gasteiger partial charge in [-0.15, -0.1) is 5.10 Å². The van der Waals surface area contributed by atoms with Crippen molar-refractivity contribution in [1.29, 1.82) is 0 Å². The third-order valence-corrected chi connectivity index (χ3v) is 4.04. The Bertz CT molecular complexity index is 809. The Kier molecular flexibility index (Phi) is 4.70. The number of hydrogen-bond donors (Lipinski definition) is 1. The fourth-order valence-electron chi connectivity index (χ4n) is 3.11. The van der Waals surface area contributed by atoms with Crippen LogP contribution in [0.3, 0.4) is 0 Å². The van der Waals surface area contributed by atoms with Crippen molar-refractivity contribution in [2.24, 2.45) is 0 Å². The maximum Gasteiger partial charge on any atom is 0.435 e. The molecule has 0 radical (unpaired) electrons. The molecule has 6 nitrogen and oxygen atoms in total. The normalized spacial score (nSPS) is 21.1. The van der Waals surface area contributed by atoms with Crippen molar-refractivity contribution >= 4 is 5.91 Å². The van der Waals surface area contributed by atoms with Crippen LogP contribution in [0, 0.1) is 5.82 Å². The first kappa shape index (κ1) is 18.3. The van der Waals surface area contributed by atoms with Gasteiger partial charge >= 0.3 is 6.18 Å². The van der Waals surface area contributed by atoms with Crippen LogP contribution in [0.15, 0.2) is 24.3 Å². The Labute approximate surface area is 146 Å². The lowest BCUT2D eigenvalue weighted by Crippen LogP contribution is -2.56. The van der Waals surface area contributed by atoms with E-state index in [0.29, 0.717) is 4.68 Å². The number of carbonyl (C=O) groups is 1. The van der Waals surface area contributed by atoms with Crippen LogP contribution in [0.25, 0.3) is 5.69 Å². The molecule has 2 atom stereocenters. The summed E-state index contributed by atoms with van der Waals surface area (Å²) in [4.78, 5) is 14.0. The van der Waals surface area contributed by atoms with E-state index in [0.717, 1.165) is 12.1 Å². The second kappa shape index (κ2) is 6.67. The highest BCUT2D eigenvalue weighted by Gasteiger charge is 2.43. The van der Waals surface area contributed by atoms with Crippen molar-refractivity contribution < 1.29 is 22.4 Å². The molecule has 1 fully saturated rings. The zero-order chi connectivity index (χ0) is 19.1. The number of aromatic nitrogens is 3. The number of rotatable bonds is 2. The van der Waals surface area contributed by atoms with Crippen molar-refractivity contribution in [3.63, 3.8) is 0 Å². The van der Waals surface area contributed by atoms with Crippen molar-refractivity contribution in [1.82, 2.24) is 25.2 Å². The number of nitrogens with zero attached hydrogens (tertiary/aromatic N) is 4. The Morgan fingerprint density at radius 3 is 2.46 bits per heavy atom. The van der Waals surface area contributed by atoms with E-state index in [1.807, 2.05) is 13.8 Å². The number of piperazine rings is 1. The maximum absolute atomic E-state index is 13.6. The fourth-order valence-corrected chi connectivity index (χ4v) is 3.11. The van der Waals surface area contributed by atoms with Crippen LogP contribution in [0.5, 0.6) is 0 Å². The van der Waals surface area contributed by atoms with Crippen LogP contribution in [0.2, 0.25) is 0 Å². The second-order valence-electron chi connectivity index (χ2n) is 6.35.